The molecule has 1 fully saturated rings. The summed E-state index contributed by atoms with van der Waals surface area (Å²) < 4.78 is 27.1. The van der Waals surface area contributed by atoms with E-state index in [-0.39, 0.29) is 11.9 Å². The van der Waals surface area contributed by atoms with Crippen LogP contribution >= 0.6 is 0 Å². The molecule has 2 N–H and O–H groups in total. The molecular weight excluding hydrogens is 324 g/mol. The van der Waals surface area contributed by atoms with Crippen LogP contribution in [0, 0.1) is 11.6 Å². The minimum absolute atomic E-state index is 0.0165. The van der Waals surface area contributed by atoms with Crippen molar-refractivity contribution >= 4 is 5.91 Å². The average molecular weight is 345 g/mol. The van der Waals surface area contributed by atoms with Crippen LogP contribution in [0.15, 0.2) is 42.5 Å². The summed E-state index contributed by atoms with van der Waals surface area (Å²) in [5, 5.41) is 5.96. The molecule has 0 spiro atoms. The number of halogens is 2. The van der Waals surface area contributed by atoms with Crippen molar-refractivity contribution in [3.63, 3.8) is 0 Å². The van der Waals surface area contributed by atoms with Gasteiger partial charge in [-0.05, 0) is 23.8 Å². The lowest BCUT2D eigenvalue weighted by molar-refractivity contribution is 0.0962. The Morgan fingerprint density at radius 2 is 2.12 bits per heavy atom. The van der Waals surface area contributed by atoms with E-state index in [0.717, 1.165) is 24.7 Å². The Morgan fingerprint density at radius 1 is 1.28 bits per heavy atom. The Balaban J connectivity index is 1.85. The third kappa shape index (κ3) is 4.03. The molecule has 0 saturated carbocycles. The van der Waals surface area contributed by atoms with Gasteiger partial charge in [-0.15, -0.1) is 0 Å². The van der Waals surface area contributed by atoms with Gasteiger partial charge < -0.3 is 10.6 Å². The molecule has 6 heteroatoms. The number of rotatable bonds is 4. The van der Waals surface area contributed by atoms with Gasteiger partial charge in [0.2, 0.25) is 0 Å². The fraction of sp³-hybridized carbons (Fsp3) is 0.316. The van der Waals surface area contributed by atoms with Crippen LogP contribution in [0.2, 0.25) is 0 Å². The van der Waals surface area contributed by atoms with Crippen LogP contribution in [-0.4, -0.2) is 37.5 Å². The van der Waals surface area contributed by atoms with Gasteiger partial charge in [-0.3, -0.25) is 9.69 Å². The molecule has 132 valence electrons. The van der Waals surface area contributed by atoms with Gasteiger partial charge in [-0.2, -0.15) is 0 Å². The second-order valence-electron chi connectivity index (χ2n) is 6.13. The smallest absolute Gasteiger partial charge is 0.251 e. The molecule has 1 unspecified atom stereocenters. The Morgan fingerprint density at radius 3 is 2.88 bits per heavy atom. The van der Waals surface area contributed by atoms with Crippen molar-refractivity contribution in [2.75, 3.05) is 26.7 Å². The molecule has 4 nitrogen and oxygen atoms in total. The molecule has 0 aromatic heterocycles. The molecule has 2 aromatic rings. The van der Waals surface area contributed by atoms with E-state index in [0.29, 0.717) is 24.2 Å². The minimum atomic E-state index is -0.573. The van der Waals surface area contributed by atoms with Crippen molar-refractivity contribution in [2.24, 2.45) is 0 Å². The molecule has 1 saturated heterocycles. The van der Waals surface area contributed by atoms with Crippen molar-refractivity contribution in [3.8, 4) is 0 Å². The summed E-state index contributed by atoms with van der Waals surface area (Å²) in [4.78, 5) is 14.0. The summed E-state index contributed by atoms with van der Waals surface area (Å²) in [5.41, 5.74) is 2.06. The quantitative estimate of drug-likeness (QED) is 0.895. The highest BCUT2D eigenvalue weighted by Crippen LogP contribution is 2.26. The van der Waals surface area contributed by atoms with E-state index in [1.165, 1.54) is 12.1 Å². The fourth-order valence-corrected chi connectivity index (χ4v) is 3.16. The maximum atomic E-state index is 14.0. The standard InChI is InChI=1S/C19H21F2N3O/c1-22-19(25)14-4-2-3-13(9-14)18-11-23-7-8-24(18)12-15-5-6-16(20)10-17(15)21/h2-6,9-10,18,23H,7-8,11-12H2,1H3,(H,22,25). The van der Waals surface area contributed by atoms with Gasteiger partial charge in [-0.25, -0.2) is 8.78 Å². The molecule has 3 rings (SSSR count). The number of amides is 1. The van der Waals surface area contributed by atoms with Crippen LogP contribution in [0.4, 0.5) is 8.78 Å². The van der Waals surface area contributed by atoms with Gasteiger partial charge in [0.25, 0.3) is 5.91 Å². The largest absolute Gasteiger partial charge is 0.355 e. The second-order valence-corrected chi connectivity index (χ2v) is 6.13. The number of piperazine rings is 1. The predicted octanol–water partition coefficient (Wildman–Crippen LogP) is 2.47. The molecule has 1 amide bonds. The SMILES string of the molecule is CNC(=O)c1cccc(C2CNCCN2Cc2ccc(F)cc2F)c1. The first-order valence-electron chi connectivity index (χ1n) is 8.29. The Hall–Kier alpha value is -2.31. The lowest BCUT2D eigenvalue weighted by Crippen LogP contribution is -2.45. The van der Waals surface area contributed by atoms with Gasteiger partial charge in [0.15, 0.2) is 0 Å². The topological polar surface area (TPSA) is 44.4 Å². The van der Waals surface area contributed by atoms with E-state index in [1.54, 1.807) is 13.1 Å². The van der Waals surface area contributed by atoms with Crippen LogP contribution in [0.1, 0.15) is 27.5 Å². The summed E-state index contributed by atoms with van der Waals surface area (Å²) in [6, 6.07) is 11.2. The molecule has 0 aliphatic carbocycles. The summed E-state index contributed by atoms with van der Waals surface area (Å²) in [5.74, 6) is -1.24. The normalized spacial score (nSPS) is 18.1. The molecule has 1 heterocycles. The van der Waals surface area contributed by atoms with Gasteiger partial charge in [0.05, 0.1) is 0 Å². The molecule has 2 aromatic carbocycles. The molecule has 1 atom stereocenters. The zero-order valence-electron chi connectivity index (χ0n) is 14.1. The maximum Gasteiger partial charge on any atom is 0.251 e. The first-order chi connectivity index (χ1) is 12.1. The summed E-state index contributed by atoms with van der Waals surface area (Å²) in [6.07, 6.45) is 0. The summed E-state index contributed by atoms with van der Waals surface area (Å²) in [7, 11) is 1.60. The number of carbonyl (C=O) groups is 1. The highest BCUT2D eigenvalue weighted by molar-refractivity contribution is 5.94. The summed E-state index contributed by atoms with van der Waals surface area (Å²) in [6.45, 7) is 2.64. The van der Waals surface area contributed by atoms with Gasteiger partial charge in [0.1, 0.15) is 11.6 Å². The average Bonchev–Trinajstić information content (AvgIpc) is 2.64. The predicted molar refractivity (Wildman–Crippen MR) is 92.2 cm³/mol. The van der Waals surface area contributed by atoms with E-state index < -0.39 is 11.6 Å². The third-order valence-corrected chi connectivity index (χ3v) is 4.50. The van der Waals surface area contributed by atoms with E-state index in [4.69, 9.17) is 0 Å². The zero-order valence-corrected chi connectivity index (χ0v) is 14.1. The van der Waals surface area contributed by atoms with Crippen molar-refractivity contribution in [3.05, 3.63) is 70.8 Å². The lowest BCUT2D eigenvalue weighted by Gasteiger charge is -2.36. The van der Waals surface area contributed by atoms with Gasteiger partial charge in [-0.1, -0.05) is 18.2 Å². The van der Waals surface area contributed by atoms with Crippen LogP contribution in [0.25, 0.3) is 0 Å². The number of hydrogen-bond donors (Lipinski definition) is 2. The van der Waals surface area contributed by atoms with E-state index in [1.807, 2.05) is 18.2 Å². The van der Waals surface area contributed by atoms with E-state index in [2.05, 4.69) is 15.5 Å². The molecule has 0 bridgehead atoms. The van der Waals surface area contributed by atoms with E-state index in [9.17, 15) is 13.6 Å². The number of benzene rings is 2. The van der Waals surface area contributed by atoms with Crippen LogP contribution in [-0.2, 0) is 6.54 Å². The van der Waals surface area contributed by atoms with Crippen LogP contribution < -0.4 is 10.6 Å². The second kappa shape index (κ2) is 7.72. The Labute approximate surface area is 145 Å². The van der Waals surface area contributed by atoms with Crippen molar-refractivity contribution in [1.29, 1.82) is 0 Å². The molecule has 25 heavy (non-hydrogen) atoms. The van der Waals surface area contributed by atoms with Crippen LogP contribution in [0.5, 0.6) is 0 Å². The first kappa shape index (κ1) is 17.5. The number of carbonyl (C=O) groups excluding carboxylic acids is 1. The number of nitrogens with zero attached hydrogens (tertiary/aromatic N) is 1. The first-order valence-corrected chi connectivity index (χ1v) is 8.29. The third-order valence-electron chi connectivity index (χ3n) is 4.50. The molecule has 0 radical (unpaired) electrons. The minimum Gasteiger partial charge on any atom is -0.355 e. The maximum absolute atomic E-state index is 14.0. The molecular formula is C19H21F2N3O. The van der Waals surface area contributed by atoms with Gasteiger partial charge >= 0.3 is 0 Å². The highest BCUT2D eigenvalue weighted by Gasteiger charge is 2.25. The monoisotopic (exact) mass is 345 g/mol. The van der Waals surface area contributed by atoms with Gasteiger partial charge in [0, 0.05) is 56.5 Å². The van der Waals surface area contributed by atoms with E-state index >= 15 is 0 Å². The van der Waals surface area contributed by atoms with Crippen LogP contribution in [0.3, 0.4) is 0 Å². The number of hydrogen-bond acceptors (Lipinski definition) is 3. The lowest BCUT2D eigenvalue weighted by atomic mass is 9.99. The van der Waals surface area contributed by atoms with Crippen molar-refractivity contribution < 1.29 is 13.6 Å². The summed E-state index contributed by atoms with van der Waals surface area (Å²) >= 11 is 0. The molecule has 1 aliphatic heterocycles. The Kier molecular flexibility index (Phi) is 5.40. The Bertz CT molecular complexity index is 766. The molecule has 1 aliphatic rings. The zero-order chi connectivity index (χ0) is 17.8. The van der Waals surface area contributed by atoms with Crippen molar-refractivity contribution in [2.45, 2.75) is 12.6 Å². The highest BCUT2D eigenvalue weighted by atomic mass is 19.1. The number of nitrogens with one attached hydrogen (secondary N) is 2. The van der Waals surface area contributed by atoms with Crippen molar-refractivity contribution in [1.82, 2.24) is 15.5 Å². The fourth-order valence-electron chi connectivity index (χ4n) is 3.16.